The first-order chi connectivity index (χ1) is 12.2. The topological polar surface area (TPSA) is 65.1 Å². The number of nitrogens with zero attached hydrogens (tertiary/aromatic N) is 2. The lowest BCUT2D eigenvalue weighted by Crippen LogP contribution is -2.39. The van der Waals surface area contributed by atoms with Crippen molar-refractivity contribution in [3.8, 4) is 0 Å². The van der Waals surface area contributed by atoms with Gasteiger partial charge in [-0.15, -0.1) is 35.3 Å². The fourth-order valence-electron chi connectivity index (χ4n) is 3.02. The molecule has 0 unspecified atom stereocenters. The Morgan fingerprint density at radius 3 is 2.65 bits per heavy atom. The summed E-state index contributed by atoms with van der Waals surface area (Å²) in [5, 5.41) is 11.3. The molecule has 0 spiro atoms. The van der Waals surface area contributed by atoms with Crippen LogP contribution in [0.2, 0.25) is 0 Å². The fraction of sp³-hybridized carbons (Fsp3) is 0.368. The molecule has 0 aliphatic heterocycles. The first kappa shape index (κ1) is 20.7. The van der Waals surface area contributed by atoms with E-state index >= 15 is 0 Å². The van der Waals surface area contributed by atoms with Gasteiger partial charge in [-0.25, -0.2) is 4.98 Å². The average molecular weight is 483 g/mol. The Labute approximate surface area is 175 Å². The molecule has 0 fully saturated rings. The van der Waals surface area contributed by atoms with Crippen LogP contribution < -0.4 is 10.6 Å². The smallest absolute Gasteiger partial charge is 0.190 e. The normalized spacial score (nSPS) is 11.4. The summed E-state index contributed by atoms with van der Waals surface area (Å²) in [7, 11) is 1.80. The summed E-state index contributed by atoms with van der Waals surface area (Å²) in [6.07, 6.45) is 3.98. The third kappa shape index (κ3) is 5.20. The molecule has 0 aliphatic carbocycles. The van der Waals surface area contributed by atoms with Crippen LogP contribution in [0.25, 0.3) is 10.9 Å². The van der Waals surface area contributed by atoms with E-state index in [0.29, 0.717) is 0 Å². The maximum atomic E-state index is 4.48. The zero-order valence-corrected chi connectivity index (χ0v) is 18.6. The van der Waals surface area contributed by atoms with Gasteiger partial charge in [-0.3, -0.25) is 4.99 Å². The number of rotatable bonds is 6. The Hall–Kier alpha value is -1.61. The average Bonchev–Trinajstić information content (AvgIpc) is 3.20. The lowest BCUT2D eigenvalue weighted by molar-refractivity contribution is 0.778. The second kappa shape index (κ2) is 9.91. The molecule has 1 aromatic carbocycles. The highest BCUT2D eigenvalue weighted by molar-refractivity contribution is 14.0. The van der Waals surface area contributed by atoms with Crippen molar-refractivity contribution in [2.24, 2.45) is 4.99 Å². The molecule has 0 radical (unpaired) electrons. The standard InChI is InChI=1S/C19H25N5S.HI/c1-13-5-4-6-17-18(13)15(11-23-17)7-9-21-19(20-3)22-10-8-16-12-25-14(2)24-16;/h4-6,11-12,23H,7-10H2,1-3H3,(H2,20,21,22);1H. The maximum absolute atomic E-state index is 4.48. The molecule has 0 aliphatic rings. The lowest BCUT2D eigenvalue weighted by Gasteiger charge is -2.11. The summed E-state index contributed by atoms with van der Waals surface area (Å²) in [5.74, 6) is 0.837. The lowest BCUT2D eigenvalue weighted by atomic mass is 10.1. The number of thiazole rings is 1. The van der Waals surface area contributed by atoms with Crippen LogP contribution in [0.1, 0.15) is 21.8 Å². The van der Waals surface area contributed by atoms with Gasteiger partial charge in [0.15, 0.2) is 5.96 Å². The third-order valence-corrected chi connectivity index (χ3v) is 5.07. The molecule has 2 heterocycles. The van der Waals surface area contributed by atoms with Crippen LogP contribution in [0.3, 0.4) is 0 Å². The Balaban J connectivity index is 0.00000243. The number of H-pyrrole nitrogens is 1. The van der Waals surface area contributed by atoms with E-state index in [1.807, 2.05) is 6.92 Å². The van der Waals surface area contributed by atoms with E-state index in [1.165, 1.54) is 22.0 Å². The summed E-state index contributed by atoms with van der Waals surface area (Å²) < 4.78 is 0. The van der Waals surface area contributed by atoms with Gasteiger partial charge >= 0.3 is 0 Å². The summed E-state index contributed by atoms with van der Waals surface area (Å²) in [5.41, 5.74) is 5.00. The van der Waals surface area contributed by atoms with E-state index in [4.69, 9.17) is 0 Å². The van der Waals surface area contributed by atoms with Crippen molar-refractivity contribution in [1.82, 2.24) is 20.6 Å². The van der Waals surface area contributed by atoms with Gasteiger partial charge in [0, 0.05) is 49.0 Å². The number of aliphatic imine (C=N–C) groups is 1. The van der Waals surface area contributed by atoms with Crippen LogP contribution >= 0.6 is 35.3 Å². The molecule has 3 rings (SSSR count). The van der Waals surface area contributed by atoms with E-state index in [9.17, 15) is 0 Å². The molecule has 3 N–H and O–H groups in total. The van der Waals surface area contributed by atoms with Crippen LogP contribution in [0.5, 0.6) is 0 Å². The SMILES string of the molecule is CN=C(NCCc1csc(C)n1)NCCc1c[nH]c2cccc(C)c12.I. The molecular weight excluding hydrogens is 457 g/mol. The van der Waals surface area contributed by atoms with Crippen LogP contribution in [-0.4, -0.2) is 36.1 Å². The molecule has 0 bridgehead atoms. The van der Waals surface area contributed by atoms with Gasteiger partial charge in [-0.2, -0.15) is 0 Å². The van der Waals surface area contributed by atoms with Gasteiger partial charge in [0.05, 0.1) is 10.7 Å². The Bertz CT molecular complexity index is 868. The number of guanidine groups is 1. The number of aryl methyl sites for hydroxylation is 2. The first-order valence-corrected chi connectivity index (χ1v) is 9.46. The monoisotopic (exact) mass is 483 g/mol. The van der Waals surface area contributed by atoms with Gasteiger partial charge < -0.3 is 15.6 Å². The van der Waals surface area contributed by atoms with Crippen molar-refractivity contribution in [2.75, 3.05) is 20.1 Å². The Morgan fingerprint density at radius 1 is 1.19 bits per heavy atom. The van der Waals surface area contributed by atoms with Crippen LogP contribution in [0.4, 0.5) is 0 Å². The largest absolute Gasteiger partial charge is 0.361 e. The number of fused-ring (bicyclic) bond motifs is 1. The van der Waals surface area contributed by atoms with E-state index in [0.717, 1.165) is 42.6 Å². The summed E-state index contributed by atoms with van der Waals surface area (Å²) >= 11 is 1.70. The van der Waals surface area contributed by atoms with E-state index in [2.05, 4.69) is 62.3 Å². The number of halogens is 1. The van der Waals surface area contributed by atoms with Crippen LogP contribution in [0, 0.1) is 13.8 Å². The number of aromatic amines is 1. The summed E-state index contributed by atoms with van der Waals surface area (Å²) in [4.78, 5) is 12.1. The molecule has 140 valence electrons. The quantitative estimate of drug-likeness (QED) is 0.284. The molecule has 2 aromatic heterocycles. The number of hydrogen-bond acceptors (Lipinski definition) is 3. The van der Waals surface area contributed by atoms with Crippen LogP contribution in [0.15, 0.2) is 34.8 Å². The fourth-order valence-corrected chi connectivity index (χ4v) is 3.66. The molecule has 26 heavy (non-hydrogen) atoms. The highest BCUT2D eigenvalue weighted by atomic mass is 127. The molecule has 0 amide bonds. The van der Waals surface area contributed by atoms with Crippen molar-refractivity contribution in [3.63, 3.8) is 0 Å². The van der Waals surface area contributed by atoms with Gasteiger partial charge in [0.25, 0.3) is 0 Å². The minimum absolute atomic E-state index is 0. The first-order valence-electron chi connectivity index (χ1n) is 8.58. The van der Waals surface area contributed by atoms with Gasteiger partial charge in [-0.1, -0.05) is 12.1 Å². The maximum Gasteiger partial charge on any atom is 0.190 e. The summed E-state index contributed by atoms with van der Waals surface area (Å²) in [6.45, 7) is 5.87. The molecule has 0 saturated carbocycles. The van der Waals surface area contributed by atoms with E-state index in [1.54, 1.807) is 18.4 Å². The second-order valence-corrected chi connectivity index (χ2v) is 7.16. The van der Waals surface area contributed by atoms with Gasteiger partial charge in [0.1, 0.15) is 0 Å². The molecule has 0 atom stereocenters. The van der Waals surface area contributed by atoms with Gasteiger partial charge in [-0.05, 0) is 37.5 Å². The van der Waals surface area contributed by atoms with Crippen molar-refractivity contribution in [2.45, 2.75) is 26.7 Å². The third-order valence-electron chi connectivity index (χ3n) is 4.25. The minimum atomic E-state index is 0. The van der Waals surface area contributed by atoms with Crippen molar-refractivity contribution in [1.29, 1.82) is 0 Å². The molecular formula is C19H26IN5S. The Kier molecular flexibility index (Phi) is 7.89. The summed E-state index contributed by atoms with van der Waals surface area (Å²) in [6, 6.07) is 6.37. The zero-order valence-electron chi connectivity index (χ0n) is 15.4. The highest BCUT2D eigenvalue weighted by Crippen LogP contribution is 2.22. The Morgan fingerprint density at radius 2 is 1.96 bits per heavy atom. The number of aromatic nitrogens is 2. The van der Waals surface area contributed by atoms with Crippen molar-refractivity contribution >= 4 is 52.2 Å². The van der Waals surface area contributed by atoms with E-state index < -0.39 is 0 Å². The number of nitrogens with one attached hydrogen (secondary N) is 3. The van der Waals surface area contributed by atoms with Crippen molar-refractivity contribution < 1.29 is 0 Å². The van der Waals surface area contributed by atoms with E-state index in [-0.39, 0.29) is 24.0 Å². The highest BCUT2D eigenvalue weighted by Gasteiger charge is 2.06. The number of hydrogen-bond donors (Lipinski definition) is 3. The van der Waals surface area contributed by atoms with Gasteiger partial charge in [0.2, 0.25) is 0 Å². The zero-order chi connectivity index (χ0) is 17.6. The second-order valence-electron chi connectivity index (χ2n) is 6.10. The minimum Gasteiger partial charge on any atom is -0.361 e. The molecule has 5 nitrogen and oxygen atoms in total. The number of benzene rings is 1. The van der Waals surface area contributed by atoms with Crippen LogP contribution in [-0.2, 0) is 12.8 Å². The van der Waals surface area contributed by atoms with Crippen molar-refractivity contribution in [3.05, 3.63) is 51.6 Å². The predicted octanol–water partition coefficient (Wildman–Crippen LogP) is 3.81. The molecule has 7 heteroatoms. The predicted molar refractivity (Wildman–Crippen MR) is 122 cm³/mol. The molecule has 3 aromatic rings. The molecule has 0 saturated heterocycles.